The highest BCUT2D eigenvalue weighted by atomic mass is 32.2. The number of likely N-dealkylation sites (tertiary alicyclic amines) is 1. The number of carbonyl (C=O) groups is 2. The normalized spacial score (nSPS) is 19.3. The van der Waals surface area contributed by atoms with E-state index >= 15 is 0 Å². The van der Waals surface area contributed by atoms with Crippen LogP contribution >= 0.6 is 0 Å². The summed E-state index contributed by atoms with van der Waals surface area (Å²) in [7, 11) is -1.96. The fourth-order valence-electron chi connectivity index (χ4n) is 3.27. The van der Waals surface area contributed by atoms with Crippen molar-refractivity contribution in [2.75, 3.05) is 42.1 Å². The average molecular weight is 381 g/mol. The molecule has 8 nitrogen and oxygen atoms in total. The first-order valence-electron chi connectivity index (χ1n) is 8.71. The lowest BCUT2D eigenvalue weighted by Gasteiger charge is -2.29. The lowest BCUT2D eigenvalue weighted by molar-refractivity contribution is -0.142. The number of methoxy groups -OCH3 is 1. The molecule has 3 rings (SSSR count). The molecule has 0 saturated carbocycles. The molecule has 0 spiro atoms. The third-order valence-corrected chi connectivity index (χ3v) is 6.50. The Bertz CT molecular complexity index is 803. The third-order valence-electron chi connectivity index (χ3n) is 4.64. The predicted molar refractivity (Wildman–Crippen MR) is 97.8 cm³/mol. The highest BCUT2D eigenvalue weighted by Gasteiger charge is 2.29. The van der Waals surface area contributed by atoms with Crippen LogP contribution < -0.4 is 14.4 Å². The van der Waals surface area contributed by atoms with Crippen molar-refractivity contribution >= 4 is 33.2 Å². The Morgan fingerprint density at radius 3 is 2.42 bits per heavy atom. The van der Waals surface area contributed by atoms with Crippen LogP contribution in [0, 0.1) is 0 Å². The molecule has 1 N–H and O–H groups in total. The molecule has 0 aliphatic carbocycles. The number of nitrogens with one attached hydrogen (secondary N) is 1. The van der Waals surface area contributed by atoms with E-state index in [-0.39, 0.29) is 5.75 Å². The number of anilines is 2. The summed E-state index contributed by atoms with van der Waals surface area (Å²) in [5.41, 5.74) is 0.734. The molecule has 0 radical (unpaired) electrons. The number of sulfonamides is 1. The number of nitrogens with zero attached hydrogens (tertiary/aromatic N) is 2. The van der Waals surface area contributed by atoms with Crippen LogP contribution in [-0.2, 0) is 19.6 Å². The molecule has 2 amide bonds. The van der Waals surface area contributed by atoms with Crippen LogP contribution in [0.2, 0.25) is 0 Å². The Balaban J connectivity index is 1.83. The van der Waals surface area contributed by atoms with Gasteiger partial charge in [-0.05, 0) is 43.9 Å². The molecule has 9 heteroatoms. The van der Waals surface area contributed by atoms with Gasteiger partial charge in [0.2, 0.25) is 10.0 Å². The highest BCUT2D eigenvalue weighted by molar-refractivity contribution is 7.92. The number of ether oxygens (including phenoxy) is 1. The molecule has 2 aliphatic rings. The van der Waals surface area contributed by atoms with Gasteiger partial charge in [-0.15, -0.1) is 0 Å². The molecule has 0 unspecified atom stereocenters. The minimum absolute atomic E-state index is 0.0835. The number of benzene rings is 1. The summed E-state index contributed by atoms with van der Waals surface area (Å²) < 4.78 is 31.4. The van der Waals surface area contributed by atoms with E-state index in [1.807, 2.05) is 0 Å². The zero-order valence-electron chi connectivity index (χ0n) is 14.7. The van der Waals surface area contributed by atoms with E-state index in [4.69, 9.17) is 4.74 Å². The molecule has 2 aliphatic heterocycles. The number of carbonyl (C=O) groups excluding carboxylic acids is 2. The van der Waals surface area contributed by atoms with Crippen LogP contribution in [0.4, 0.5) is 11.4 Å². The van der Waals surface area contributed by atoms with Crippen molar-refractivity contribution in [3.8, 4) is 5.75 Å². The minimum atomic E-state index is -3.42. The van der Waals surface area contributed by atoms with E-state index in [9.17, 15) is 18.0 Å². The largest absolute Gasteiger partial charge is 0.495 e. The summed E-state index contributed by atoms with van der Waals surface area (Å²) in [6.07, 6.45) is 3.19. The molecule has 0 atom stereocenters. The number of rotatable bonds is 3. The van der Waals surface area contributed by atoms with Gasteiger partial charge in [-0.3, -0.25) is 13.9 Å². The van der Waals surface area contributed by atoms with Gasteiger partial charge in [0.15, 0.2) is 0 Å². The first-order valence-corrected chi connectivity index (χ1v) is 10.3. The van der Waals surface area contributed by atoms with Gasteiger partial charge in [0.05, 0.1) is 18.6 Å². The summed E-state index contributed by atoms with van der Waals surface area (Å²) in [6.45, 7) is 1.54. The molecule has 2 heterocycles. The molecule has 1 aromatic carbocycles. The Kier molecular flexibility index (Phi) is 5.36. The molecule has 1 aromatic rings. The van der Waals surface area contributed by atoms with Gasteiger partial charge in [-0.25, -0.2) is 8.42 Å². The zero-order valence-corrected chi connectivity index (χ0v) is 15.5. The van der Waals surface area contributed by atoms with E-state index in [0.717, 1.165) is 19.3 Å². The van der Waals surface area contributed by atoms with Gasteiger partial charge in [0, 0.05) is 25.3 Å². The van der Waals surface area contributed by atoms with Crippen molar-refractivity contribution in [1.29, 1.82) is 0 Å². The lowest BCUT2D eigenvalue weighted by atomic mass is 10.2. The van der Waals surface area contributed by atoms with Crippen molar-refractivity contribution in [2.24, 2.45) is 0 Å². The standard InChI is InChI=1S/C17H23N3O5S/c1-25-15-7-6-13(18-16(21)17(22)19-8-2-3-9-19)12-14(15)20-10-4-5-11-26(20,23)24/h6-7,12H,2-5,8-11H2,1H3,(H,18,21). The first-order chi connectivity index (χ1) is 12.4. The van der Waals surface area contributed by atoms with Crippen LogP contribution in [0.1, 0.15) is 25.7 Å². The smallest absolute Gasteiger partial charge is 0.313 e. The highest BCUT2D eigenvalue weighted by Crippen LogP contribution is 2.35. The van der Waals surface area contributed by atoms with E-state index in [2.05, 4.69) is 5.32 Å². The Morgan fingerprint density at radius 1 is 1.08 bits per heavy atom. The van der Waals surface area contributed by atoms with Crippen molar-refractivity contribution < 1.29 is 22.7 Å². The third kappa shape index (κ3) is 3.77. The van der Waals surface area contributed by atoms with Crippen LogP contribution in [0.25, 0.3) is 0 Å². The molecule has 26 heavy (non-hydrogen) atoms. The van der Waals surface area contributed by atoms with Crippen LogP contribution in [-0.4, -0.2) is 57.6 Å². The maximum absolute atomic E-state index is 12.4. The second-order valence-corrected chi connectivity index (χ2v) is 8.45. The van der Waals surface area contributed by atoms with Crippen molar-refractivity contribution in [1.82, 2.24) is 4.90 Å². The monoisotopic (exact) mass is 381 g/mol. The molecular weight excluding hydrogens is 358 g/mol. The van der Waals surface area contributed by atoms with Crippen LogP contribution in [0.15, 0.2) is 18.2 Å². The maximum Gasteiger partial charge on any atom is 0.313 e. The Hall–Kier alpha value is -2.29. The van der Waals surface area contributed by atoms with Gasteiger partial charge in [0.25, 0.3) is 0 Å². The molecule has 2 saturated heterocycles. The van der Waals surface area contributed by atoms with E-state index < -0.39 is 21.8 Å². The lowest BCUT2D eigenvalue weighted by Crippen LogP contribution is -2.38. The van der Waals surface area contributed by atoms with Crippen LogP contribution in [0.5, 0.6) is 5.75 Å². The molecule has 0 bridgehead atoms. The van der Waals surface area contributed by atoms with E-state index in [1.54, 1.807) is 12.1 Å². The van der Waals surface area contributed by atoms with Gasteiger partial charge in [-0.2, -0.15) is 0 Å². The summed E-state index contributed by atoms with van der Waals surface area (Å²) in [6, 6.07) is 4.72. The summed E-state index contributed by atoms with van der Waals surface area (Å²) in [4.78, 5) is 25.9. The number of hydrogen-bond donors (Lipinski definition) is 1. The number of hydrogen-bond acceptors (Lipinski definition) is 5. The van der Waals surface area contributed by atoms with Gasteiger partial charge < -0.3 is 15.0 Å². The predicted octanol–water partition coefficient (Wildman–Crippen LogP) is 1.19. The van der Waals surface area contributed by atoms with E-state index in [1.165, 1.54) is 22.4 Å². The fourth-order valence-corrected chi connectivity index (χ4v) is 4.91. The fraction of sp³-hybridized carbons (Fsp3) is 0.529. The topological polar surface area (TPSA) is 96.0 Å². The first kappa shape index (κ1) is 18.5. The minimum Gasteiger partial charge on any atom is -0.495 e. The average Bonchev–Trinajstić information content (AvgIpc) is 3.15. The van der Waals surface area contributed by atoms with E-state index in [0.29, 0.717) is 43.2 Å². The van der Waals surface area contributed by atoms with Gasteiger partial charge >= 0.3 is 11.8 Å². The van der Waals surface area contributed by atoms with Crippen molar-refractivity contribution in [3.63, 3.8) is 0 Å². The summed E-state index contributed by atoms with van der Waals surface area (Å²) >= 11 is 0. The molecule has 2 fully saturated rings. The Morgan fingerprint density at radius 2 is 1.77 bits per heavy atom. The van der Waals surface area contributed by atoms with Gasteiger partial charge in [-0.1, -0.05) is 0 Å². The quantitative estimate of drug-likeness (QED) is 0.794. The second-order valence-electron chi connectivity index (χ2n) is 6.44. The summed E-state index contributed by atoms with van der Waals surface area (Å²) in [5, 5.41) is 2.57. The molecule has 0 aromatic heterocycles. The molecule has 142 valence electrons. The maximum atomic E-state index is 12.4. The van der Waals surface area contributed by atoms with Gasteiger partial charge in [0.1, 0.15) is 5.75 Å². The zero-order chi connectivity index (χ0) is 18.7. The number of amides is 2. The van der Waals surface area contributed by atoms with Crippen LogP contribution in [0.3, 0.4) is 0 Å². The SMILES string of the molecule is COc1ccc(NC(=O)C(=O)N2CCCC2)cc1N1CCCCS1(=O)=O. The second kappa shape index (κ2) is 7.53. The van der Waals surface area contributed by atoms with Crippen molar-refractivity contribution in [3.05, 3.63) is 18.2 Å². The molecular formula is C17H23N3O5S. The van der Waals surface area contributed by atoms with Crippen molar-refractivity contribution in [2.45, 2.75) is 25.7 Å². The summed E-state index contributed by atoms with van der Waals surface area (Å²) in [5.74, 6) is -0.797. The Labute approximate surface area is 153 Å².